The van der Waals surface area contributed by atoms with Crippen molar-refractivity contribution in [3.05, 3.63) is 76.5 Å². The molecule has 7 rings (SSSR count). The third kappa shape index (κ3) is 10.3. The quantitative estimate of drug-likeness (QED) is 0.0443. The van der Waals surface area contributed by atoms with Gasteiger partial charge in [-0.3, -0.25) is 4.79 Å². The molecule has 0 spiro atoms. The molecule has 3 aromatic carbocycles. The van der Waals surface area contributed by atoms with Crippen molar-refractivity contribution in [1.29, 1.82) is 0 Å². The average Bonchev–Trinajstić information content (AvgIpc) is 3.31. The lowest BCUT2D eigenvalue weighted by Gasteiger charge is -2.45. The van der Waals surface area contributed by atoms with Crippen LogP contribution in [0.1, 0.15) is 5.56 Å². The van der Waals surface area contributed by atoms with E-state index in [4.69, 9.17) is 42.3 Å². The predicted octanol–water partition coefficient (Wildman–Crippen LogP) is -2.97. The van der Waals surface area contributed by atoms with Crippen LogP contribution in [0.25, 0.3) is 28.4 Å². The van der Waals surface area contributed by atoms with Crippen LogP contribution in [0.3, 0.4) is 0 Å². The number of hydrogen-bond acceptors (Lipinski definition) is 24. The summed E-state index contributed by atoms with van der Waals surface area (Å²) in [6.07, 6.45) is -25.5. The summed E-state index contributed by atoms with van der Waals surface area (Å²) < 4.78 is 50.9. The molecule has 4 aromatic rings. The number of rotatable bonds is 14. The number of hydrogen-bond donors (Lipinski definition) is 13. The van der Waals surface area contributed by atoms with Gasteiger partial charge in [-0.05, 0) is 48.0 Å². The zero-order valence-corrected chi connectivity index (χ0v) is 34.9. The van der Waals surface area contributed by atoms with Crippen LogP contribution in [0.5, 0.6) is 34.5 Å². The Morgan fingerprint density at radius 1 is 0.672 bits per heavy atom. The highest BCUT2D eigenvalue weighted by Gasteiger charge is 2.52. The summed E-state index contributed by atoms with van der Waals surface area (Å²) in [5, 5.41) is 136. The van der Waals surface area contributed by atoms with Gasteiger partial charge in [-0.25, -0.2) is 4.79 Å². The van der Waals surface area contributed by atoms with E-state index in [-0.39, 0.29) is 28.6 Å². The summed E-state index contributed by atoms with van der Waals surface area (Å²) in [6, 6.07) is 11.2. The van der Waals surface area contributed by atoms with Gasteiger partial charge in [0.1, 0.15) is 102 Å². The number of carbonyl (C=O) groups excluding carboxylic acids is 1. The van der Waals surface area contributed by atoms with Crippen molar-refractivity contribution in [1.82, 2.24) is 0 Å². The molecule has 24 heteroatoms. The molecule has 67 heavy (non-hydrogen) atoms. The van der Waals surface area contributed by atoms with Crippen molar-refractivity contribution < 1.29 is 113 Å². The van der Waals surface area contributed by atoms with Crippen molar-refractivity contribution >= 4 is 23.0 Å². The Morgan fingerprint density at radius 2 is 1.28 bits per heavy atom. The number of carbonyl (C=O) groups is 1. The van der Waals surface area contributed by atoms with Crippen molar-refractivity contribution in [3.8, 4) is 45.8 Å². The summed E-state index contributed by atoms with van der Waals surface area (Å²) in [5.41, 5.74) is -1.11. The molecule has 4 heterocycles. The normalized spacial score (nSPS) is 32.3. The number of aliphatic hydroxyl groups excluding tert-OH is 10. The van der Waals surface area contributed by atoms with Gasteiger partial charge in [-0.1, -0.05) is 6.07 Å². The van der Waals surface area contributed by atoms with Crippen LogP contribution in [-0.2, 0) is 28.5 Å². The molecular formula is C43H48O24. The highest BCUT2D eigenvalue weighted by Crippen LogP contribution is 2.39. The van der Waals surface area contributed by atoms with Gasteiger partial charge in [-0.2, -0.15) is 0 Å². The third-order valence-electron chi connectivity index (χ3n) is 11.2. The number of phenols is 3. The lowest BCUT2D eigenvalue weighted by atomic mass is 9.97. The first-order chi connectivity index (χ1) is 31.9. The molecule has 364 valence electrons. The number of fused-ring (bicyclic) bond motifs is 1. The Kier molecular flexibility index (Phi) is 15.2. The maximum atomic E-state index is 14.5. The first kappa shape index (κ1) is 49.2. The summed E-state index contributed by atoms with van der Waals surface area (Å²) >= 11 is 0. The summed E-state index contributed by atoms with van der Waals surface area (Å²) in [7, 11) is 1.33. The van der Waals surface area contributed by atoms with Crippen LogP contribution < -0.4 is 19.6 Å². The average molecular weight is 949 g/mol. The topological polar surface area (TPSA) is 384 Å². The summed E-state index contributed by atoms with van der Waals surface area (Å²) in [4.78, 5) is 27.4. The first-order valence-electron chi connectivity index (χ1n) is 20.4. The zero-order chi connectivity index (χ0) is 48.4. The van der Waals surface area contributed by atoms with Crippen LogP contribution in [0.2, 0.25) is 0 Å². The maximum Gasteiger partial charge on any atom is 0.330 e. The Bertz CT molecular complexity index is 2440. The minimum Gasteiger partial charge on any atom is -0.508 e. The molecule has 0 bridgehead atoms. The van der Waals surface area contributed by atoms with E-state index in [1.54, 1.807) is 0 Å². The van der Waals surface area contributed by atoms with E-state index in [0.717, 1.165) is 18.2 Å². The van der Waals surface area contributed by atoms with E-state index >= 15 is 0 Å². The molecule has 0 saturated carbocycles. The van der Waals surface area contributed by atoms with E-state index < -0.39 is 152 Å². The fourth-order valence-electron chi connectivity index (χ4n) is 7.44. The van der Waals surface area contributed by atoms with Crippen molar-refractivity contribution in [2.45, 2.75) is 92.1 Å². The van der Waals surface area contributed by atoms with E-state index in [0.29, 0.717) is 5.56 Å². The molecule has 24 nitrogen and oxygen atoms in total. The molecule has 3 aliphatic heterocycles. The minimum atomic E-state index is -2.13. The number of ether oxygens (including phenoxy) is 8. The van der Waals surface area contributed by atoms with E-state index in [9.17, 15) is 76.0 Å². The third-order valence-corrected chi connectivity index (χ3v) is 11.2. The lowest BCUT2D eigenvalue weighted by Crippen LogP contribution is -2.65. The number of phenolic OH excluding ortho intramolecular Hbond substituents is 3. The fourth-order valence-corrected chi connectivity index (χ4v) is 7.44. The lowest BCUT2D eigenvalue weighted by molar-refractivity contribution is -0.358. The molecule has 1 aromatic heterocycles. The van der Waals surface area contributed by atoms with Crippen molar-refractivity contribution in [2.24, 2.45) is 0 Å². The number of benzene rings is 3. The maximum absolute atomic E-state index is 14.5. The number of aliphatic hydroxyl groups is 10. The van der Waals surface area contributed by atoms with Gasteiger partial charge in [0.15, 0.2) is 29.7 Å². The van der Waals surface area contributed by atoms with E-state index in [1.807, 2.05) is 0 Å². The Labute approximate surface area is 377 Å². The SMILES string of the molecule is COc1cc(/C=C/C(=O)OC[C@H]2O[C@H](Oc3c(-c4ccc(O)cc4)oc4cc(O[C@@H]5O[C@H](CO)[C@@H](O)[C@H](O)[C@H]5O)cc(O)c4c3=O)[C@H](O[C@@H]3O[C@H](CO)[C@@H](O)[C@H](O)[C@H]3O)[C@@H](O)[C@@H]2O)ccc1O. The van der Waals surface area contributed by atoms with E-state index in [1.165, 1.54) is 55.7 Å². The van der Waals surface area contributed by atoms with Gasteiger partial charge in [0, 0.05) is 23.8 Å². The monoisotopic (exact) mass is 948 g/mol. The Balaban J connectivity index is 1.24. The van der Waals surface area contributed by atoms with Crippen molar-refractivity contribution in [3.63, 3.8) is 0 Å². The fraction of sp³-hybridized carbons (Fsp3) is 0.442. The standard InChI is InChI=1S/C43H48O24/c1-59-22-10-16(2-8-20(22)47)3-9-27(49)60-15-26-31(52)35(56)40(67-42-37(58)34(55)30(51)25(14-45)64-42)43(65-26)66-39-32(53)28-21(48)11-19(61-41-36(57)33(54)29(50)24(13-44)63-41)12-23(28)62-38(39)17-4-6-18(46)7-5-17/h2-12,24-26,29-31,33-37,40-48,50-52,54-58H,13-15H2,1H3/b9-3+/t24-,25-,26-,29-,30-,31-,33+,34+,35+,36-,37-,40-,41-,42+,43-/m1/s1. The molecule has 0 amide bonds. The molecule has 3 aliphatic rings. The van der Waals surface area contributed by atoms with Crippen LogP contribution in [-0.4, -0.2) is 191 Å². The summed E-state index contributed by atoms with van der Waals surface area (Å²) in [5.74, 6) is -3.62. The van der Waals surface area contributed by atoms with Gasteiger partial charge in [0.25, 0.3) is 0 Å². The van der Waals surface area contributed by atoms with Crippen LogP contribution in [0, 0.1) is 0 Å². The molecule has 13 N–H and O–H groups in total. The van der Waals surface area contributed by atoms with Crippen LogP contribution >= 0.6 is 0 Å². The molecular weight excluding hydrogens is 900 g/mol. The second-order valence-electron chi connectivity index (χ2n) is 15.6. The smallest absolute Gasteiger partial charge is 0.330 e. The van der Waals surface area contributed by atoms with Crippen LogP contribution in [0.15, 0.2) is 69.9 Å². The molecule has 0 unspecified atom stereocenters. The second kappa shape index (κ2) is 20.7. The van der Waals surface area contributed by atoms with Gasteiger partial charge >= 0.3 is 5.97 Å². The molecule has 15 atom stereocenters. The summed E-state index contributed by atoms with van der Waals surface area (Å²) in [6.45, 7) is -2.45. The number of aromatic hydroxyl groups is 3. The number of esters is 1. The Hall–Kier alpha value is -5.68. The highest BCUT2D eigenvalue weighted by molar-refractivity contribution is 5.88. The van der Waals surface area contributed by atoms with Gasteiger partial charge in [0.05, 0.1) is 20.3 Å². The van der Waals surface area contributed by atoms with Gasteiger partial charge in [0.2, 0.25) is 23.8 Å². The molecule has 3 saturated heterocycles. The predicted molar refractivity (Wildman–Crippen MR) is 220 cm³/mol. The molecule has 3 fully saturated rings. The zero-order valence-electron chi connectivity index (χ0n) is 34.9. The van der Waals surface area contributed by atoms with Gasteiger partial charge < -0.3 is 109 Å². The minimum absolute atomic E-state index is 0.0258. The van der Waals surface area contributed by atoms with Crippen molar-refractivity contribution in [2.75, 3.05) is 26.9 Å². The largest absolute Gasteiger partial charge is 0.508 e. The molecule has 0 radical (unpaired) electrons. The molecule has 0 aliphatic carbocycles. The van der Waals surface area contributed by atoms with Crippen LogP contribution in [0.4, 0.5) is 0 Å². The Morgan fingerprint density at radius 3 is 1.93 bits per heavy atom. The highest BCUT2D eigenvalue weighted by atomic mass is 16.8. The van der Waals surface area contributed by atoms with Gasteiger partial charge in [-0.15, -0.1) is 0 Å². The first-order valence-corrected chi connectivity index (χ1v) is 20.4. The second-order valence-corrected chi connectivity index (χ2v) is 15.6. The van der Waals surface area contributed by atoms with E-state index in [2.05, 4.69) is 0 Å². The number of methoxy groups -OCH3 is 1.